The monoisotopic (exact) mass is 592 g/mol. The van der Waals surface area contributed by atoms with Gasteiger partial charge in [-0.1, -0.05) is 30.3 Å². The third-order valence-corrected chi connectivity index (χ3v) is 9.32. The molecule has 1 fully saturated rings. The molecule has 5 rings (SSSR count). The van der Waals surface area contributed by atoms with E-state index in [2.05, 4.69) is 9.88 Å². The van der Waals surface area contributed by atoms with Gasteiger partial charge in [0.05, 0.1) is 25.1 Å². The van der Waals surface area contributed by atoms with Crippen LogP contribution in [-0.4, -0.2) is 52.1 Å². The molecule has 3 aromatic rings. The van der Waals surface area contributed by atoms with Crippen LogP contribution in [-0.2, 0) is 46.4 Å². The molecule has 0 amide bonds. The Hall–Kier alpha value is -3.18. The number of aromatic nitrogens is 1. The first-order valence-electron chi connectivity index (χ1n) is 13.3. The maximum Gasteiger partial charge on any atom is 0.426 e. The molecule has 2 aliphatic rings. The molecule has 2 heterocycles. The van der Waals surface area contributed by atoms with Crippen LogP contribution < -0.4 is 0 Å². The molecular formula is C30H29F5N2O3S. The van der Waals surface area contributed by atoms with Gasteiger partial charge in [0.2, 0.25) is 5.67 Å². The highest BCUT2D eigenvalue weighted by atomic mass is 32.1. The number of Topliss-reactive ketones (excluding diaryl/α,β-unsaturated/α-hetero) is 1. The van der Waals surface area contributed by atoms with Crippen molar-refractivity contribution < 1.29 is 36.6 Å². The second-order valence-electron chi connectivity index (χ2n) is 11.1. The van der Waals surface area contributed by atoms with Crippen molar-refractivity contribution in [3.05, 3.63) is 86.6 Å². The summed E-state index contributed by atoms with van der Waals surface area (Å²) in [6.07, 6.45) is -3.07. The molecule has 0 spiro atoms. The zero-order valence-corrected chi connectivity index (χ0v) is 23.1. The smallest absolute Gasteiger partial charge is 0.426 e. The molecule has 41 heavy (non-hydrogen) atoms. The van der Waals surface area contributed by atoms with Crippen LogP contribution in [0.25, 0.3) is 0 Å². The van der Waals surface area contributed by atoms with Gasteiger partial charge in [0, 0.05) is 16.8 Å². The minimum absolute atomic E-state index is 0.0710. The van der Waals surface area contributed by atoms with Gasteiger partial charge >= 0.3 is 12.1 Å². The Bertz CT molecular complexity index is 1450. The number of aryl methyl sites for hydroxylation is 1. The van der Waals surface area contributed by atoms with Crippen LogP contribution in [0.2, 0.25) is 0 Å². The van der Waals surface area contributed by atoms with Gasteiger partial charge in [-0.3, -0.25) is 14.5 Å². The van der Waals surface area contributed by atoms with Crippen LogP contribution in [0.3, 0.4) is 0 Å². The van der Waals surface area contributed by atoms with Crippen LogP contribution in [0.15, 0.2) is 47.8 Å². The number of fused-ring (bicyclic) bond motifs is 3. The first-order valence-corrected chi connectivity index (χ1v) is 14.2. The summed E-state index contributed by atoms with van der Waals surface area (Å²) in [4.78, 5) is 30.4. The van der Waals surface area contributed by atoms with Crippen LogP contribution >= 0.6 is 11.3 Å². The molecule has 1 aromatic heterocycles. The number of carboxylic acids is 1. The number of carbonyl (C=O) groups excluding carboxylic acids is 1. The van der Waals surface area contributed by atoms with E-state index >= 15 is 0 Å². The predicted molar refractivity (Wildman–Crippen MR) is 143 cm³/mol. The standard InChI is InChI=1S/C30H29F5N2O3S/c1-28(32,30(33,34)35)20-5-8-24-19(12-20)4-9-25-29(24,15-18-2-6-21(31)7-3-18)10-11-37(25)16-23(38)14-26-36-22(17-41-26)13-27(39)40/h2-3,5-8,12,17,25H,4,9-11,13-16H2,1H3,(H,39,40)/t25-,28?,29-/m1/s1. The third-order valence-electron chi connectivity index (χ3n) is 8.42. The fourth-order valence-electron chi connectivity index (χ4n) is 6.40. The lowest BCUT2D eigenvalue weighted by atomic mass is 9.63. The third kappa shape index (κ3) is 5.79. The number of alkyl halides is 4. The largest absolute Gasteiger partial charge is 0.481 e. The van der Waals surface area contributed by atoms with Gasteiger partial charge < -0.3 is 5.11 Å². The lowest BCUT2D eigenvalue weighted by Gasteiger charge is -2.44. The van der Waals surface area contributed by atoms with E-state index in [1.54, 1.807) is 23.6 Å². The lowest BCUT2D eigenvalue weighted by molar-refractivity contribution is -0.228. The van der Waals surface area contributed by atoms with Gasteiger partial charge in [-0.25, -0.2) is 13.8 Å². The summed E-state index contributed by atoms with van der Waals surface area (Å²) in [5, 5.41) is 11.1. The van der Waals surface area contributed by atoms with Gasteiger partial charge in [0.15, 0.2) is 5.78 Å². The summed E-state index contributed by atoms with van der Waals surface area (Å²) in [6, 6.07) is 10.2. The molecule has 0 bridgehead atoms. The fraction of sp³-hybridized carbons (Fsp3) is 0.433. The number of ketones is 1. The Morgan fingerprint density at radius 1 is 1.12 bits per heavy atom. The number of benzene rings is 2. The van der Waals surface area contributed by atoms with E-state index in [4.69, 9.17) is 5.11 Å². The highest BCUT2D eigenvalue weighted by Gasteiger charge is 2.55. The normalized spacial score (nSPS) is 22.1. The molecule has 0 radical (unpaired) electrons. The van der Waals surface area contributed by atoms with Crippen molar-refractivity contribution in [1.29, 1.82) is 0 Å². The quantitative estimate of drug-likeness (QED) is 0.310. The molecule has 1 saturated heterocycles. The van der Waals surface area contributed by atoms with Gasteiger partial charge in [-0.2, -0.15) is 13.2 Å². The van der Waals surface area contributed by atoms with Crippen molar-refractivity contribution in [1.82, 2.24) is 9.88 Å². The molecule has 218 valence electrons. The molecule has 5 nitrogen and oxygen atoms in total. The number of carboxylic acid groups (broad SMARTS) is 1. The van der Waals surface area contributed by atoms with Crippen LogP contribution in [0.1, 0.15) is 52.7 Å². The Balaban J connectivity index is 1.43. The number of halogens is 5. The van der Waals surface area contributed by atoms with Crippen LogP contribution in [0, 0.1) is 5.82 Å². The molecule has 1 aliphatic carbocycles. The fourth-order valence-corrected chi connectivity index (χ4v) is 7.22. The topological polar surface area (TPSA) is 70.5 Å². The van der Waals surface area contributed by atoms with Crippen molar-refractivity contribution in [2.45, 2.75) is 68.8 Å². The zero-order chi connectivity index (χ0) is 29.6. The second kappa shape index (κ2) is 10.9. The molecule has 11 heteroatoms. The Kier molecular flexibility index (Phi) is 7.80. The number of likely N-dealkylation sites (tertiary alicyclic amines) is 1. The first kappa shape index (κ1) is 29.3. The predicted octanol–water partition coefficient (Wildman–Crippen LogP) is 5.97. The van der Waals surface area contributed by atoms with Crippen molar-refractivity contribution in [3.63, 3.8) is 0 Å². The van der Waals surface area contributed by atoms with Crippen LogP contribution in [0.5, 0.6) is 0 Å². The van der Waals surface area contributed by atoms with Gasteiger partial charge in [-0.05, 0) is 73.5 Å². The minimum Gasteiger partial charge on any atom is -0.481 e. The lowest BCUT2D eigenvalue weighted by Crippen LogP contribution is -2.49. The summed E-state index contributed by atoms with van der Waals surface area (Å²) in [7, 11) is 0. The molecule has 1 N–H and O–H groups in total. The number of hydrogen-bond acceptors (Lipinski definition) is 5. The summed E-state index contributed by atoms with van der Waals surface area (Å²) in [6.45, 7) is 1.25. The van der Waals surface area contributed by atoms with E-state index in [-0.39, 0.29) is 37.0 Å². The van der Waals surface area contributed by atoms with Crippen LogP contribution in [0.4, 0.5) is 22.0 Å². The average Bonchev–Trinajstić information content (AvgIpc) is 3.48. The summed E-state index contributed by atoms with van der Waals surface area (Å²) < 4.78 is 68.9. The summed E-state index contributed by atoms with van der Waals surface area (Å²) >= 11 is 1.24. The summed E-state index contributed by atoms with van der Waals surface area (Å²) in [5.74, 6) is -1.45. The Morgan fingerprint density at radius 2 is 1.85 bits per heavy atom. The van der Waals surface area contributed by atoms with Gasteiger partial charge in [-0.15, -0.1) is 11.3 Å². The molecule has 0 saturated carbocycles. The minimum atomic E-state index is -5.05. The average molecular weight is 593 g/mol. The number of aliphatic carboxylic acids is 1. The van der Waals surface area contributed by atoms with E-state index in [9.17, 15) is 31.5 Å². The van der Waals surface area contributed by atoms with E-state index in [1.807, 2.05) is 0 Å². The maximum atomic E-state index is 14.9. The number of rotatable bonds is 9. The number of thiazole rings is 1. The van der Waals surface area contributed by atoms with Crippen molar-refractivity contribution in [2.75, 3.05) is 13.1 Å². The maximum absolute atomic E-state index is 14.9. The van der Waals surface area contributed by atoms with Gasteiger partial charge in [0.25, 0.3) is 0 Å². The van der Waals surface area contributed by atoms with E-state index in [0.717, 1.165) is 11.1 Å². The number of nitrogens with zero attached hydrogens (tertiary/aromatic N) is 2. The second-order valence-corrected chi connectivity index (χ2v) is 12.1. The van der Waals surface area contributed by atoms with Gasteiger partial charge in [0.1, 0.15) is 10.8 Å². The molecule has 1 aliphatic heterocycles. The highest BCUT2D eigenvalue weighted by molar-refractivity contribution is 7.09. The Morgan fingerprint density at radius 3 is 2.54 bits per heavy atom. The number of carbonyl (C=O) groups is 2. The molecular weight excluding hydrogens is 563 g/mol. The first-order chi connectivity index (χ1) is 19.3. The molecule has 1 unspecified atom stereocenters. The Labute approximate surface area is 238 Å². The van der Waals surface area contributed by atoms with E-state index in [0.29, 0.717) is 55.4 Å². The molecule has 2 aromatic carbocycles. The van der Waals surface area contributed by atoms with E-state index < -0.39 is 28.8 Å². The van der Waals surface area contributed by atoms with Crippen molar-refractivity contribution in [2.24, 2.45) is 0 Å². The van der Waals surface area contributed by atoms with Crippen molar-refractivity contribution in [3.8, 4) is 0 Å². The number of hydrogen-bond donors (Lipinski definition) is 1. The highest BCUT2D eigenvalue weighted by Crippen LogP contribution is 2.51. The SMILES string of the molecule is CC(F)(c1ccc2c(c1)CC[C@H]1N(CC(=O)Cc3nc(CC(=O)O)cs3)CC[C@@]21Cc1ccc(F)cc1)C(F)(F)F. The molecule has 3 atom stereocenters. The zero-order valence-electron chi connectivity index (χ0n) is 22.3. The van der Waals surface area contributed by atoms with Crippen molar-refractivity contribution >= 4 is 23.1 Å². The van der Waals surface area contributed by atoms with E-state index in [1.165, 1.54) is 35.6 Å². The summed E-state index contributed by atoms with van der Waals surface area (Å²) in [5.41, 5.74) is -1.70.